The van der Waals surface area contributed by atoms with E-state index in [1.807, 2.05) is 13.8 Å². The molecule has 0 spiro atoms. The fraction of sp³-hybridized carbons (Fsp3) is 0.375. The summed E-state index contributed by atoms with van der Waals surface area (Å²) in [5.41, 5.74) is 1.68. The molecule has 0 aliphatic carbocycles. The lowest BCUT2D eigenvalue weighted by Crippen LogP contribution is -2.45. The first-order chi connectivity index (χ1) is 10.4. The SMILES string of the molecule is CC1=C(C(=O)OCC(C)C)C(c2ccc(Cl)cc2)NC(=O)N1. The van der Waals surface area contributed by atoms with Crippen LogP contribution in [0.1, 0.15) is 32.4 Å². The maximum atomic E-state index is 12.4. The molecule has 0 bridgehead atoms. The molecule has 0 saturated carbocycles. The second-order valence-corrected chi connectivity index (χ2v) is 6.05. The van der Waals surface area contributed by atoms with Crippen molar-refractivity contribution in [3.63, 3.8) is 0 Å². The molecule has 1 aromatic rings. The summed E-state index contributed by atoms with van der Waals surface area (Å²) in [4.78, 5) is 24.1. The second kappa shape index (κ2) is 6.83. The molecule has 1 atom stereocenters. The average molecular weight is 323 g/mol. The Hall–Kier alpha value is -2.01. The number of halogens is 1. The summed E-state index contributed by atoms with van der Waals surface area (Å²) >= 11 is 5.89. The molecule has 1 aliphatic heterocycles. The Bertz CT molecular complexity index is 608. The Kier molecular flexibility index (Phi) is 5.08. The molecule has 1 aromatic carbocycles. The second-order valence-electron chi connectivity index (χ2n) is 5.61. The van der Waals surface area contributed by atoms with Crippen LogP contribution in [0.25, 0.3) is 0 Å². The van der Waals surface area contributed by atoms with Gasteiger partial charge in [0.15, 0.2) is 0 Å². The number of rotatable bonds is 4. The zero-order chi connectivity index (χ0) is 16.3. The minimum absolute atomic E-state index is 0.241. The highest BCUT2D eigenvalue weighted by atomic mass is 35.5. The summed E-state index contributed by atoms with van der Waals surface area (Å²) in [7, 11) is 0. The number of hydrogen-bond donors (Lipinski definition) is 2. The van der Waals surface area contributed by atoms with Crippen molar-refractivity contribution in [3.8, 4) is 0 Å². The van der Waals surface area contributed by atoms with Crippen molar-refractivity contribution < 1.29 is 14.3 Å². The van der Waals surface area contributed by atoms with Gasteiger partial charge in [-0.15, -0.1) is 0 Å². The highest BCUT2D eigenvalue weighted by molar-refractivity contribution is 6.30. The van der Waals surface area contributed by atoms with Crippen LogP contribution in [0.3, 0.4) is 0 Å². The van der Waals surface area contributed by atoms with Gasteiger partial charge in [0.2, 0.25) is 0 Å². The van der Waals surface area contributed by atoms with Crippen LogP contribution in [0.2, 0.25) is 5.02 Å². The molecule has 0 fully saturated rings. The van der Waals surface area contributed by atoms with Crippen molar-refractivity contribution in [1.29, 1.82) is 0 Å². The van der Waals surface area contributed by atoms with E-state index < -0.39 is 12.0 Å². The molecule has 2 rings (SSSR count). The Balaban J connectivity index is 2.32. The quantitative estimate of drug-likeness (QED) is 0.837. The molecule has 0 saturated heterocycles. The molecule has 1 unspecified atom stereocenters. The Labute approximate surface area is 134 Å². The minimum Gasteiger partial charge on any atom is -0.462 e. The zero-order valence-electron chi connectivity index (χ0n) is 12.8. The predicted octanol–water partition coefficient (Wildman–Crippen LogP) is 3.17. The largest absolute Gasteiger partial charge is 0.462 e. The monoisotopic (exact) mass is 322 g/mol. The minimum atomic E-state index is -0.550. The molecule has 1 aliphatic rings. The zero-order valence-corrected chi connectivity index (χ0v) is 13.5. The molecule has 0 radical (unpaired) electrons. The Morgan fingerprint density at radius 3 is 2.55 bits per heavy atom. The summed E-state index contributed by atoms with van der Waals surface area (Å²) in [6.07, 6.45) is 0. The topological polar surface area (TPSA) is 67.4 Å². The summed E-state index contributed by atoms with van der Waals surface area (Å²) in [6, 6.07) is 6.10. The fourth-order valence-electron chi connectivity index (χ4n) is 2.19. The molecule has 6 heteroatoms. The van der Waals surface area contributed by atoms with E-state index >= 15 is 0 Å². The average Bonchev–Trinajstić information content (AvgIpc) is 2.44. The van der Waals surface area contributed by atoms with Gasteiger partial charge in [0.25, 0.3) is 0 Å². The van der Waals surface area contributed by atoms with Crippen molar-refractivity contribution in [2.75, 3.05) is 6.61 Å². The van der Waals surface area contributed by atoms with Gasteiger partial charge in [0.05, 0.1) is 18.2 Å². The lowest BCUT2D eigenvalue weighted by atomic mass is 9.95. The van der Waals surface area contributed by atoms with Crippen LogP contribution >= 0.6 is 11.6 Å². The lowest BCUT2D eigenvalue weighted by molar-refractivity contribution is -0.140. The standard InChI is InChI=1S/C16H19ClN2O3/c1-9(2)8-22-15(20)13-10(3)18-16(21)19-14(13)11-4-6-12(17)7-5-11/h4-7,9,14H,8H2,1-3H3,(H2,18,19,21). The highest BCUT2D eigenvalue weighted by Gasteiger charge is 2.32. The Morgan fingerprint density at radius 2 is 1.95 bits per heavy atom. The number of esters is 1. The van der Waals surface area contributed by atoms with Gasteiger partial charge >= 0.3 is 12.0 Å². The normalized spacial score (nSPS) is 18.0. The van der Waals surface area contributed by atoms with E-state index in [9.17, 15) is 9.59 Å². The van der Waals surface area contributed by atoms with E-state index in [1.54, 1.807) is 31.2 Å². The van der Waals surface area contributed by atoms with Crippen molar-refractivity contribution in [2.24, 2.45) is 5.92 Å². The number of benzene rings is 1. The van der Waals surface area contributed by atoms with Gasteiger partial charge in [-0.2, -0.15) is 0 Å². The third-order valence-electron chi connectivity index (χ3n) is 3.24. The first-order valence-electron chi connectivity index (χ1n) is 7.09. The van der Waals surface area contributed by atoms with E-state index in [-0.39, 0.29) is 11.9 Å². The Morgan fingerprint density at radius 1 is 1.32 bits per heavy atom. The third kappa shape index (κ3) is 3.80. The molecular formula is C16H19ClN2O3. The van der Waals surface area contributed by atoms with Gasteiger partial charge in [0.1, 0.15) is 0 Å². The van der Waals surface area contributed by atoms with Gasteiger partial charge < -0.3 is 15.4 Å². The maximum absolute atomic E-state index is 12.4. The van der Waals surface area contributed by atoms with Gasteiger partial charge in [-0.25, -0.2) is 9.59 Å². The molecular weight excluding hydrogens is 304 g/mol. The molecule has 0 aromatic heterocycles. The molecule has 2 N–H and O–H groups in total. The maximum Gasteiger partial charge on any atom is 0.338 e. The highest BCUT2D eigenvalue weighted by Crippen LogP contribution is 2.28. The molecule has 2 amide bonds. The molecule has 118 valence electrons. The predicted molar refractivity (Wildman–Crippen MR) is 84.4 cm³/mol. The van der Waals surface area contributed by atoms with E-state index in [1.165, 1.54) is 0 Å². The third-order valence-corrected chi connectivity index (χ3v) is 3.49. The smallest absolute Gasteiger partial charge is 0.338 e. The van der Waals surface area contributed by atoms with Crippen LogP contribution in [0.5, 0.6) is 0 Å². The van der Waals surface area contributed by atoms with Gasteiger partial charge in [0, 0.05) is 10.7 Å². The number of allylic oxidation sites excluding steroid dienone is 1. The van der Waals surface area contributed by atoms with Crippen LogP contribution in [-0.2, 0) is 9.53 Å². The van der Waals surface area contributed by atoms with Gasteiger partial charge in [-0.3, -0.25) is 0 Å². The van der Waals surface area contributed by atoms with Crippen molar-refractivity contribution in [1.82, 2.24) is 10.6 Å². The molecule has 5 nitrogen and oxygen atoms in total. The summed E-state index contributed by atoms with van der Waals surface area (Å²) in [5.74, 6) is -0.191. The number of urea groups is 1. The van der Waals surface area contributed by atoms with Crippen LogP contribution in [0.4, 0.5) is 4.79 Å². The number of nitrogens with one attached hydrogen (secondary N) is 2. The number of carbonyl (C=O) groups is 2. The van der Waals surface area contributed by atoms with E-state index in [2.05, 4.69) is 10.6 Å². The van der Waals surface area contributed by atoms with Crippen LogP contribution in [0.15, 0.2) is 35.5 Å². The van der Waals surface area contributed by atoms with Gasteiger partial charge in [-0.1, -0.05) is 37.6 Å². The van der Waals surface area contributed by atoms with Crippen LogP contribution in [0, 0.1) is 5.92 Å². The number of amides is 2. The summed E-state index contributed by atoms with van der Waals surface area (Å²) < 4.78 is 5.31. The molecule has 22 heavy (non-hydrogen) atoms. The number of carbonyl (C=O) groups excluding carboxylic acids is 2. The van der Waals surface area contributed by atoms with Crippen molar-refractivity contribution >= 4 is 23.6 Å². The first kappa shape index (κ1) is 16.4. The van der Waals surface area contributed by atoms with Gasteiger partial charge in [-0.05, 0) is 30.5 Å². The van der Waals surface area contributed by atoms with Crippen LogP contribution < -0.4 is 10.6 Å². The molecule has 1 heterocycles. The number of hydrogen-bond acceptors (Lipinski definition) is 3. The summed E-state index contributed by atoms with van der Waals surface area (Å²) in [5, 5.41) is 5.95. The first-order valence-corrected chi connectivity index (χ1v) is 7.47. The number of ether oxygens (including phenoxy) is 1. The summed E-state index contributed by atoms with van der Waals surface area (Å²) in [6.45, 7) is 5.95. The fourth-order valence-corrected chi connectivity index (χ4v) is 2.32. The van der Waals surface area contributed by atoms with Crippen molar-refractivity contribution in [3.05, 3.63) is 46.1 Å². The van der Waals surface area contributed by atoms with E-state index in [0.29, 0.717) is 22.9 Å². The lowest BCUT2D eigenvalue weighted by Gasteiger charge is -2.28. The van der Waals surface area contributed by atoms with Crippen LogP contribution in [-0.4, -0.2) is 18.6 Å². The van der Waals surface area contributed by atoms with E-state index in [4.69, 9.17) is 16.3 Å². The van der Waals surface area contributed by atoms with Crippen molar-refractivity contribution in [2.45, 2.75) is 26.8 Å². The van der Waals surface area contributed by atoms with E-state index in [0.717, 1.165) is 5.56 Å².